The lowest BCUT2D eigenvalue weighted by molar-refractivity contribution is -0.141. The predicted molar refractivity (Wildman–Crippen MR) is 66.2 cm³/mol. The van der Waals surface area contributed by atoms with Gasteiger partial charge in [-0.05, 0) is 31.6 Å². The summed E-state index contributed by atoms with van der Waals surface area (Å²) in [6.07, 6.45) is 3.20. The minimum atomic E-state index is -0.423. The lowest BCUT2D eigenvalue weighted by Crippen LogP contribution is -2.41. The zero-order chi connectivity index (χ0) is 13.4. The molecule has 2 N–H and O–H groups in total. The summed E-state index contributed by atoms with van der Waals surface area (Å²) in [5.74, 6) is -0.423. The van der Waals surface area contributed by atoms with Crippen LogP contribution < -0.4 is 10.6 Å². The van der Waals surface area contributed by atoms with Crippen molar-refractivity contribution in [3.05, 3.63) is 0 Å². The van der Waals surface area contributed by atoms with Crippen LogP contribution in [0.5, 0.6) is 0 Å². The molecule has 1 rings (SSSR count). The predicted octanol–water partition coefficient (Wildman–Crippen LogP) is 0.665. The summed E-state index contributed by atoms with van der Waals surface area (Å²) in [5, 5.41) is 5.25. The number of amides is 2. The van der Waals surface area contributed by atoms with Crippen molar-refractivity contribution < 1.29 is 19.1 Å². The molecule has 0 heterocycles. The minimum Gasteiger partial charge on any atom is -0.465 e. The van der Waals surface area contributed by atoms with Crippen LogP contribution in [0.25, 0.3) is 0 Å². The fraction of sp³-hybridized carbons (Fsp3) is 0.833. The van der Waals surface area contributed by atoms with Crippen molar-refractivity contribution in [3.8, 4) is 0 Å². The molecular weight excluding hydrogens is 236 g/mol. The Kier molecular flexibility index (Phi) is 5.91. The minimum absolute atomic E-state index is 0.0925. The number of hydrogen-bond acceptors (Lipinski definition) is 4. The third kappa shape index (κ3) is 5.35. The summed E-state index contributed by atoms with van der Waals surface area (Å²) in [7, 11) is 1.68. The highest BCUT2D eigenvalue weighted by Crippen LogP contribution is 2.48. The van der Waals surface area contributed by atoms with Crippen LogP contribution in [0.1, 0.15) is 26.2 Å². The van der Waals surface area contributed by atoms with Crippen LogP contribution in [0.3, 0.4) is 0 Å². The number of ether oxygens (including phenoxy) is 2. The van der Waals surface area contributed by atoms with Gasteiger partial charge in [0.05, 0.1) is 6.61 Å². The standard InChI is InChI=1S/C12H22N2O4/c1-3-18-10(15)8-13-11(16)14-9-12(4-5-12)6-7-17-2/h3-9H2,1-2H3,(H2,13,14,16). The molecule has 1 fully saturated rings. The van der Waals surface area contributed by atoms with E-state index in [1.807, 2.05) is 0 Å². The van der Waals surface area contributed by atoms with E-state index in [1.165, 1.54) is 0 Å². The van der Waals surface area contributed by atoms with Gasteiger partial charge in [-0.3, -0.25) is 4.79 Å². The van der Waals surface area contributed by atoms with Crippen molar-refractivity contribution >= 4 is 12.0 Å². The summed E-state index contributed by atoms with van der Waals surface area (Å²) in [6, 6.07) is -0.327. The van der Waals surface area contributed by atoms with Gasteiger partial charge in [0.1, 0.15) is 6.54 Å². The van der Waals surface area contributed by atoms with Gasteiger partial charge in [-0.1, -0.05) is 0 Å². The zero-order valence-corrected chi connectivity index (χ0v) is 11.1. The number of carbonyl (C=O) groups is 2. The molecule has 0 radical (unpaired) electrons. The molecule has 0 bridgehead atoms. The second-order valence-electron chi connectivity index (χ2n) is 4.58. The number of methoxy groups -OCH3 is 1. The molecule has 1 aliphatic carbocycles. The average molecular weight is 258 g/mol. The molecule has 0 aromatic carbocycles. The van der Waals surface area contributed by atoms with Crippen LogP contribution in [0.4, 0.5) is 4.79 Å². The van der Waals surface area contributed by atoms with E-state index >= 15 is 0 Å². The Hall–Kier alpha value is -1.30. The van der Waals surface area contributed by atoms with E-state index < -0.39 is 5.97 Å². The number of carbonyl (C=O) groups excluding carboxylic acids is 2. The molecule has 1 aliphatic rings. The first-order valence-electron chi connectivity index (χ1n) is 6.28. The van der Waals surface area contributed by atoms with Gasteiger partial charge >= 0.3 is 12.0 Å². The Morgan fingerprint density at radius 1 is 1.28 bits per heavy atom. The van der Waals surface area contributed by atoms with E-state index in [9.17, 15) is 9.59 Å². The topological polar surface area (TPSA) is 76.7 Å². The molecule has 104 valence electrons. The highest BCUT2D eigenvalue weighted by atomic mass is 16.5. The van der Waals surface area contributed by atoms with E-state index in [4.69, 9.17) is 9.47 Å². The molecule has 0 atom stereocenters. The third-order valence-corrected chi connectivity index (χ3v) is 3.12. The van der Waals surface area contributed by atoms with Gasteiger partial charge < -0.3 is 20.1 Å². The summed E-state index contributed by atoms with van der Waals surface area (Å²) >= 11 is 0. The Labute approximate surface area is 107 Å². The third-order valence-electron chi connectivity index (χ3n) is 3.12. The molecule has 6 heteroatoms. The molecule has 0 aromatic heterocycles. The first-order valence-corrected chi connectivity index (χ1v) is 6.28. The first-order chi connectivity index (χ1) is 8.62. The molecular formula is C12H22N2O4. The number of esters is 1. The van der Waals surface area contributed by atoms with Crippen molar-refractivity contribution in [3.63, 3.8) is 0 Å². The van der Waals surface area contributed by atoms with E-state index in [2.05, 4.69) is 10.6 Å². The van der Waals surface area contributed by atoms with Crippen LogP contribution in [-0.4, -0.2) is 45.4 Å². The van der Waals surface area contributed by atoms with E-state index in [-0.39, 0.29) is 18.0 Å². The molecule has 18 heavy (non-hydrogen) atoms. The molecule has 0 aromatic rings. The van der Waals surface area contributed by atoms with Crippen molar-refractivity contribution in [1.29, 1.82) is 0 Å². The maximum absolute atomic E-state index is 11.4. The van der Waals surface area contributed by atoms with Gasteiger partial charge in [0, 0.05) is 20.3 Å². The number of hydrogen-bond donors (Lipinski definition) is 2. The van der Waals surface area contributed by atoms with E-state index in [0.29, 0.717) is 19.8 Å². The molecule has 0 saturated heterocycles. The van der Waals surface area contributed by atoms with Crippen LogP contribution in [0.15, 0.2) is 0 Å². The van der Waals surface area contributed by atoms with Gasteiger partial charge in [-0.15, -0.1) is 0 Å². The fourth-order valence-electron chi connectivity index (χ4n) is 1.71. The first kappa shape index (κ1) is 14.8. The van der Waals surface area contributed by atoms with E-state index in [0.717, 1.165) is 19.3 Å². The Balaban J connectivity index is 2.11. The SMILES string of the molecule is CCOC(=O)CNC(=O)NCC1(CCOC)CC1. The Morgan fingerprint density at radius 3 is 2.56 bits per heavy atom. The summed E-state index contributed by atoms with van der Waals surface area (Å²) in [5.41, 5.74) is 0.206. The van der Waals surface area contributed by atoms with Crippen LogP contribution in [-0.2, 0) is 14.3 Å². The molecule has 2 amide bonds. The second kappa shape index (κ2) is 7.20. The molecule has 6 nitrogen and oxygen atoms in total. The average Bonchev–Trinajstić information content (AvgIpc) is 3.12. The largest absolute Gasteiger partial charge is 0.465 e. The molecule has 1 saturated carbocycles. The summed E-state index contributed by atoms with van der Waals surface area (Å²) in [4.78, 5) is 22.5. The second-order valence-corrected chi connectivity index (χ2v) is 4.58. The van der Waals surface area contributed by atoms with Gasteiger partial charge in [0.25, 0.3) is 0 Å². The van der Waals surface area contributed by atoms with Gasteiger partial charge in [-0.25, -0.2) is 4.79 Å². The highest BCUT2D eigenvalue weighted by molar-refractivity contribution is 5.80. The summed E-state index contributed by atoms with van der Waals surface area (Å²) in [6.45, 7) is 3.30. The molecule has 0 unspecified atom stereocenters. The van der Waals surface area contributed by atoms with E-state index in [1.54, 1.807) is 14.0 Å². The molecule has 0 aliphatic heterocycles. The van der Waals surface area contributed by atoms with Crippen LogP contribution in [0, 0.1) is 5.41 Å². The smallest absolute Gasteiger partial charge is 0.325 e. The normalized spacial score (nSPS) is 15.9. The lowest BCUT2D eigenvalue weighted by atomic mass is 10.0. The van der Waals surface area contributed by atoms with Gasteiger partial charge in [0.15, 0.2) is 0 Å². The maximum atomic E-state index is 11.4. The van der Waals surface area contributed by atoms with Crippen molar-refractivity contribution in [2.24, 2.45) is 5.41 Å². The zero-order valence-electron chi connectivity index (χ0n) is 11.1. The maximum Gasteiger partial charge on any atom is 0.325 e. The number of urea groups is 1. The van der Waals surface area contributed by atoms with Gasteiger partial charge in [-0.2, -0.15) is 0 Å². The Bertz CT molecular complexity index is 290. The van der Waals surface area contributed by atoms with Gasteiger partial charge in [0.2, 0.25) is 0 Å². The fourth-order valence-corrected chi connectivity index (χ4v) is 1.71. The van der Waals surface area contributed by atoms with Crippen molar-refractivity contribution in [2.75, 3.05) is 33.4 Å². The number of nitrogens with one attached hydrogen (secondary N) is 2. The quantitative estimate of drug-likeness (QED) is 0.627. The number of rotatable bonds is 8. The lowest BCUT2D eigenvalue weighted by Gasteiger charge is -2.15. The Morgan fingerprint density at radius 2 is 2.00 bits per heavy atom. The highest BCUT2D eigenvalue weighted by Gasteiger charge is 2.42. The molecule has 0 spiro atoms. The van der Waals surface area contributed by atoms with Crippen LogP contribution in [0.2, 0.25) is 0 Å². The van der Waals surface area contributed by atoms with Crippen molar-refractivity contribution in [2.45, 2.75) is 26.2 Å². The van der Waals surface area contributed by atoms with Crippen molar-refractivity contribution in [1.82, 2.24) is 10.6 Å². The van der Waals surface area contributed by atoms with Crippen LogP contribution >= 0.6 is 0 Å². The monoisotopic (exact) mass is 258 g/mol. The summed E-state index contributed by atoms with van der Waals surface area (Å²) < 4.78 is 9.75.